The van der Waals surface area contributed by atoms with Gasteiger partial charge in [-0.1, -0.05) is 12.5 Å². The molecule has 2 atom stereocenters. The molecule has 0 aliphatic heterocycles. The number of aliphatic carboxylic acids is 1. The maximum Gasteiger partial charge on any atom is 0.308 e. The normalized spacial score (nSPS) is 20.6. The molecular weight excluding hydrogens is 286 g/mol. The SMILES string of the molecule is COCCOc1cccc(C(=O)N[C@@H]2CCC[C@@H]2C(=O)O)c1. The lowest BCUT2D eigenvalue weighted by atomic mass is 10.0. The van der Waals surface area contributed by atoms with Crippen LogP contribution in [-0.4, -0.2) is 43.3 Å². The maximum absolute atomic E-state index is 12.3. The third kappa shape index (κ3) is 4.21. The van der Waals surface area contributed by atoms with Gasteiger partial charge in [0, 0.05) is 18.7 Å². The monoisotopic (exact) mass is 307 g/mol. The lowest BCUT2D eigenvalue weighted by Gasteiger charge is -2.17. The minimum atomic E-state index is -0.848. The van der Waals surface area contributed by atoms with Gasteiger partial charge in [0.1, 0.15) is 12.4 Å². The Morgan fingerprint density at radius 1 is 1.32 bits per heavy atom. The molecule has 0 bridgehead atoms. The summed E-state index contributed by atoms with van der Waals surface area (Å²) < 4.78 is 10.4. The molecule has 0 spiro atoms. The topological polar surface area (TPSA) is 84.9 Å². The van der Waals surface area contributed by atoms with Gasteiger partial charge in [-0.05, 0) is 31.0 Å². The summed E-state index contributed by atoms with van der Waals surface area (Å²) in [4.78, 5) is 23.4. The van der Waals surface area contributed by atoms with Crippen LogP contribution in [-0.2, 0) is 9.53 Å². The fourth-order valence-corrected chi connectivity index (χ4v) is 2.65. The van der Waals surface area contributed by atoms with Crippen LogP contribution in [0.15, 0.2) is 24.3 Å². The van der Waals surface area contributed by atoms with Gasteiger partial charge in [0.2, 0.25) is 0 Å². The summed E-state index contributed by atoms with van der Waals surface area (Å²) in [5.41, 5.74) is 0.464. The van der Waals surface area contributed by atoms with Crippen molar-refractivity contribution in [3.8, 4) is 5.75 Å². The highest BCUT2D eigenvalue weighted by atomic mass is 16.5. The van der Waals surface area contributed by atoms with E-state index < -0.39 is 11.9 Å². The molecule has 1 aliphatic rings. The molecule has 1 fully saturated rings. The predicted molar refractivity (Wildman–Crippen MR) is 80.0 cm³/mol. The van der Waals surface area contributed by atoms with Gasteiger partial charge in [0.05, 0.1) is 12.5 Å². The van der Waals surface area contributed by atoms with Crippen LogP contribution in [0.4, 0.5) is 0 Å². The molecule has 1 aromatic carbocycles. The molecule has 0 saturated heterocycles. The zero-order chi connectivity index (χ0) is 15.9. The van der Waals surface area contributed by atoms with Crippen LogP contribution in [0.3, 0.4) is 0 Å². The molecule has 0 aromatic heterocycles. The number of carboxylic acids is 1. The van der Waals surface area contributed by atoms with Crippen LogP contribution >= 0.6 is 0 Å². The highest BCUT2D eigenvalue weighted by molar-refractivity contribution is 5.95. The van der Waals surface area contributed by atoms with E-state index >= 15 is 0 Å². The van der Waals surface area contributed by atoms with Crippen LogP contribution in [0.25, 0.3) is 0 Å². The van der Waals surface area contributed by atoms with Crippen molar-refractivity contribution in [1.82, 2.24) is 5.32 Å². The van der Waals surface area contributed by atoms with Gasteiger partial charge in [-0.25, -0.2) is 0 Å². The van der Waals surface area contributed by atoms with Gasteiger partial charge in [0.25, 0.3) is 5.91 Å². The fraction of sp³-hybridized carbons (Fsp3) is 0.500. The van der Waals surface area contributed by atoms with Crippen molar-refractivity contribution in [2.24, 2.45) is 5.92 Å². The Morgan fingerprint density at radius 2 is 2.14 bits per heavy atom. The second kappa shape index (κ2) is 7.79. The summed E-state index contributed by atoms with van der Waals surface area (Å²) >= 11 is 0. The summed E-state index contributed by atoms with van der Waals surface area (Å²) in [6.45, 7) is 0.879. The first kappa shape index (κ1) is 16.3. The Balaban J connectivity index is 1.97. The van der Waals surface area contributed by atoms with E-state index in [9.17, 15) is 9.59 Å². The zero-order valence-electron chi connectivity index (χ0n) is 12.6. The molecule has 2 rings (SSSR count). The van der Waals surface area contributed by atoms with Crippen LogP contribution in [0, 0.1) is 5.92 Å². The van der Waals surface area contributed by atoms with Crippen molar-refractivity contribution in [3.05, 3.63) is 29.8 Å². The standard InChI is InChI=1S/C16H21NO5/c1-21-8-9-22-12-5-2-4-11(10-12)15(18)17-14-7-3-6-13(14)16(19)20/h2,4-5,10,13-14H,3,6-9H2,1H3,(H,17,18)(H,19,20)/t13-,14+/m0/s1. The maximum atomic E-state index is 12.3. The van der Waals surface area contributed by atoms with Crippen LogP contribution in [0.5, 0.6) is 5.75 Å². The summed E-state index contributed by atoms with van der Waals surface area (Å²) in [6.07, 6.45) is 2.13. The Hall–Kier alpha value is -2.08. The number of methoxy groups -OCH3 is 1. The number of carbonyl (C=O) groups is 2. The molecular formula is C16H21NO5. The quantitative estimate of drug-likeness (QED) is 0.749. The second-order valence-electron chi connectivity index (χ2n) is 5.32. The summed E-state index contributed by atoms with van der Waals surface area (Å²) in [7, 11) is 1.59. The average Bonchev–Trinajstić information content (AvgIpc) is 2.96. The molecule has 0 heterocycles. The summed E-state index contributed by atoms with van der Waals surface area (Å²) in [6, 6.07) is 6.53. The van der Waals surface area contributed by atoms with Gasteiger partial charge in [-0.3, -0.25) is 9.59 Å². The molecule has 2 N–H and O–H groups in total. The van der Waals surface area contributed by atoms with Crippen molar-refractivity contribution in [3.63, 3.8) is 0 Å². The molecule has 1 saturated carbocycles. The highest BCUT2D eigenvalue weighted by Crippen LogP contribution is 2.26. The number of hydrogen-bond acceptors (Lipinski definition) is 4. The molecule has 0 radical (unpaired) electrons. The Labute approximate surface area is 129 Å². The van der Waals surface area contributed by atoms with Gasteiger partial charge in [-0.2, -0.15) is 0 Å². The Morgan fingerprint density at radius 3 is 2.86 bits per heavy atom. The lowest BCUT2D eigenvalue weighted by Crippen LogP contribution is -2.40. The van der Waals surface area contributed by atoms with Gasteiger partial charge < -0.3 is 19.9 Å². The molecule has 22 heavy (non-hydrogen) atoms. The summed E-state index contributed by atoms with van der Waals surface area (Å²) in [5.74, 6) is -1.02. The molecule has 1 aromatic rings. The third-order valence-corrected chi connectivity index (χ3v) is 3.80. The number of carboxylic acid groups (broad SMARTS) is 1. The number of hydrogen-bond donors (Lipinski definition) is 2. The van der Waals surface area contributed by atoms with Crippen molar-refractivity contribution < 1.29 is 24.2 Å². The number of rotatable bonds is 7. The minimum absolute atomic E-state index is 0.268. The number of carbonyl (C=O) groups excluding carboxylic acids is 1. The Kier molecular flexibility index (Phi) is 5.77. The fourth-order valence-electron chi connectivity index (χ4n) is 2.65. The molecule has 1 aliphatic carbocycles. The van der Waals surface area contributed by atoms with Gasteiger partial charge >= 0.3 is 5.97 Å². The van der Waals surface area contributed by atoms with E-state index in [1.54, 1.807) is 31.4 Å². The average molecular weight is 307 g/mol. The smallest absolute Gasteiger partial charge is 0.308 e. The van der Waals surface area contributed by atoms with Gasteiger partial charge in [0.15, 0.2) is 0 Å². The van der Waals surface area contributed by atoms with Crippen molar-refractivity contribution >= 4 is 11.9 Å². The molecule has 6 nitrogen and oxygen atoms in total. The highest BCUT2D eigenvalue weighted by Gasteiger charge is 2.33. The predicted octanol–water partition coefficient (Wildman–Crippen LogP) is 1.69. The van der Waals surface area contributed by atoms with E-state index in [1.165, 1.54) is 0 Å². The number of ether oxygens (including phenoxy) is 2. The zero-order valence-corrected chi connectivity index (χ0v) is 12.6. The van der Waals surface area contributed by atoms with E-state index in [1.807, 2.05) is 0 Å². The number of benzene rings is 1. The van der Waals surface area contributed by atoms with Crippen LogP contribution in [0.2, 0.25) is 0 Å². The first-order chi connectivity index (χ1) is 10.6. The first-order valence-electron chi connectivity index (χ1n) is 7.37. The van der Waals surface area contributed by atoms with Crippen molar-refractivity contribution in [2.75, 3.05) is 20.3 Å². The van der Waals surface area contributed by atoms with Crippen molar-refractivity contribution in [2.45, 2.75) is 25.3 Å². The minimum Gasteiger partial charge on any atom is -0.491 e. The van der Waals surface area contributed by atoms with E-state index in [0.717, 1.165) is 6.42 Å². The van der Waals surface area contributed by atoms with Crippen molar-refractivity contribution in [1.29, 1.82) is 0 Å². The molecule has 120 valence electrons. The Bertz CT molecular complexity index is 531. The van der Waals surface area contributed by atoms with E-state index in [-0.39, 0.29) is 11.9 Å². The van der Waals surface area contributed by atoms with E-state index in [2.05, 4.69) is 5.32 Å². The molecule has 1 amide bonds. The third-order valence-electron chi connectivity index (χ3n) is 3.80. The van der Waals surface area contributed by atoms with Crippen LogP contribution in [0.1, 0.15) is 29.6 Å². The van der Waals surface area contributed by atoms with Crippen LogP contribution < -0.4 is 10.1 Å². The van der Waals surface area contributed by atoms with E-state index in [4.69, 9.17) is 14.6 Å². The van der Waals surface area contributed by atoms with E-state index in [0.29, 0.717) is 37.4 Å². The molecule has 6 heteroatoms. The lowest BCUT2D eigenvalue weighted by molar-refractivity contribution is -0.142. The largest absolute Gasteiger partial charge is 0.491 e. The second-order valence-corrected chi connectivity index (χ2v) is 5.32. The van der Waals surface area contributed by atoms with Gasteiger partial charge in [-0.15, -0.1) is 0 Å². The number of amides is 1. The first-order valence-corrected chi connectivity index (χ1v) is 7.37. The number of nitrogens with one attached hydrogen (secondary N) is 1. The molecule has 0 unspecified atom stereocenters. The summed E-state index contributed by atoms with van der Waals surface area (Å²) in [5, 5.41) is 12.0.